The average molecular weight is 493 g/mol. The van der Waals surface area contributed by atoms with Gasteiger partial charge in [-0.3, -0.25) is 4.79 Å². The second kappa shape index (κ2) is 8.72. The first kappa shape index (κ1) is 24.0. The smallest absolute Gasteiger partial charge is 0.312 e. The number of carbonyl (C=O) groups is 1. The van der Waals surface area contributed by atoms with E-state index in [9.17, 15) is 15.0 Å². The molecule has 1 aliphatic heterocycles. The summed E-state index contributed by atoms with van der Waals surface area (Å²) in [6.45, 7) is 0. The molecule has 5 rings (SSSR count). The fourth-order valence-corrected chi connectivity index (χ4v) is 5.87. The average Bonchev–Trinajstić information content (AvgIpc) is 3.05. The van der Waals surface area contributed by atoms with Crippen molar-refractivity contribution >= 4 is 5.97 Å². The van der Waals surface area contributed by atoms with Gasteiger partial charge < -0.3 is 33.9 Å². The minimum absolute atomic E-state index is 0.163. The third-order valence-electron chi connectivity index (χ3n) is 7.42. The van der Waals surface area contributed by atoms with Crippen LogP contribution in [-0.2, 0) is 20.7 Å². The van der Waals surface area contributed by atoms with Crippen LogP contribution in [-0.4, -0.2) is 50.7 Å². The number of aliphatic hydroxyl groups excluding tert-OH is 1. The highest BCUT2D eigenvalue weighted by Crippen LogP contribution is 2.68. The van der Waals surface area contributed by atoms with Crippen molar-refractivity contribution in [3.8, 4) is 23.0 Å². The normalized spacial score (nSPS) is 28.0. The van der Waals surface area contributed by atoms with Gasteiger partial charge in [0.25, 0.3) is 0 Å². The highest BCUT2D eigenvalue weighted by molar-refractivity contribution is 5.80. The van der Waals surface area contributed by atoms with Gasteiger partial charge in [0, 0.05) is 18.1 Å². The number of methoxy groups -OCH3 is 4. The molecular formula is C28H28O8. The second-order valence-electron chi connectivity index (χ2n) is 8.94. The van der Waals surface area contributed by atoms with Gasteiger partial charge in [0.2, 0.25) is 0 Å². The maximum atomic E-state index is 13.5. The molecule has 1 heterocycles. The Kier molecular flexibility index (Phi) is 5.81. The number of benzene rings is 3. The van der Waals surface area contributed by atoms with Crippen LogP contribution in [0.4, 0.5) is 0 Å². The van der Waals surface area contributed by atoms with Crippen molar-refractivity contribution in [2.45, 2.75) is 23.2 Å². The zero-order valence-corrected chi connectivity index (χ0v) is 20.4. The molecular weight excluding hydrogens is 464 g/mol. The predicted octanol–water partition coefficient (Wildman–Crippen LogP) is 3.14. The standard InChI is InChI=1S/C28H28O8/c1-32-18-12-10-17(11-13-18)28-22(16-8-6-5-7-9-16)24(25(29)35-4)27(31,26(28)30)23-20(34-3)14-19(33-2)15-21(23)36-28/h5-15,22,24,26,30-31H,1-4H3/t22-,24+,26?,27-,28-/m0/s1. The number of carbonyl (C=O) groups excluding carboxylic acids is 1. The van der Waals surface area contributed by atoms with Gasteiger partial charge in [-0.25, -0.2) is 0 Å². The number of ether oxygens (including phenoxy) is 5. The molecule has 0 amide bonds. The molecule has 5 atom stereocenters. The lowest BCUT2D eigenvalue weighted by Crippen LogP contribution is -2.54. The number of fused-ring (bicyclic) bond motifs is 4. The van der Waals surface area contributed by atoms with Crippen molar-refractivity contribution in [1.29, 1.82) is 0 Å². The van der Waals surface area contributed by atoms with Gasteiger partial charge in [-0.2, -0.15) is 0 Å². The van der Waals surface area contributed by atoms with Crippen molar-refractivity contribution < 1.29 is 38.7 Å². The number of rotatable bonds is 6. The number of hydrogen-bond donors (Lipinski definition) is 2. The van der Waals surface area contributed by atoms with Crippen LogP contribution in [0.1, 0.15) is 22.6 Å². The minimum Gasteiger partial charge on any atom is -0.497 e. The van der Waals surface area contributed by atoms with E-state index in [0.29, 0.717) is 22.6 Å². The van der Waals surface area contributed by atoms with Crippen LogP contribution in [0.15, 0.2) is 66.7 Å². The van der Waals surface area contributed by atoms with E-state index in [0.717, 1.165) is 0 Å². The van der Waals surface area contributed by atoms with Crippen molar-refractivity contribution in [2.24, 2.45) is 5.92 Å². The zero-order valence-electron chi connectivity index (χ0n) is 20.4. The summed E-state index contributed by atoms with van der Waals surface area (Å²) in [6.07, 6.45) is -1.57. The van der Waals surface area contributed by atoms with Crippen LogP contribution < -0.4 is 18.9 Å². The lowest BCUT2D eigenvalue weighted by Gasteiger charge is -2.45. The summed E-state index contributed by atoms with van der Waals surface area (Å²) < 4.78 is 28.3. The molecule has 2 aliphatic rings. The van der Waals surface area contributed by atoms with Gasteiger partial charge in [0.1, 0.15) is 40.6 Å². The molecule has 3 aromatic rings. The molecule has 2 N–H and O–H groups in total. The summed E-state index contributed by atoms with van der Waals surface area (Å²) in [5, 5.41) is 24.5. The SMILES string of the molecule is COC(=O)[C@H]1[C@H](c2ccccc2)[C@]2(c3ccc(OC)cc3)Oc3cc(OC)cc(OC)c3[C@@]1(O)C2O. The van der Waals surface area contributed by atoms with Crippen LogP contribution in [0, 0.1) is 5.92 Å². The Morgan fingerprint density at radius 1 is 0.889 bits per heavy atom. The summed E-state index contributed by atoms with van der Waals surface area (Å²) in [4.78, 5) is 13.5. The van der Waals surface area contributed by atoms with E-state index < -0.39 is 35.1 Å². The summed E-state index contributed by atoms with van der Waals surface area (Å²) in [6, 6.07) is 19.4. The Morgan fingerprint density at radius 2 is 1.56 bits per heavy atom. The van der Waals surface area contributed by atoms with Crippen LogP contribution in [0.3, 0.4) is 0 Å². The van der Waals surface area contributed by atoms with E-state index in [-0.39, 0.29) is 17.1 Å². The van der Waals surface area contributed by atoms with E-state index in [1.54, 1.807) is 43.5 Å². The van der Waals surface area contributed by atoms with E-state index >= 15 is 0 Å². The first-order valence-electron chi connectivity index (χ1n) is 11.5. The topological polar surface area (TPSA) is 104 Å². The maximum Gasteiger partial charge on any atom is 0.312 e. The molecule has 1 unspecified atom stereocenters. The lowest BCUT2D eigenvalue weighted by molar-refractivity contribution is -0.172. The van der Waals surface area contributed by atoms with E-state index in [1.807, 2.05) is 30.3 Å². The molecule has 1 fully saturated rings. The third kappa shape index (κ3) is 3.11. The Bertz CT molecular complexity index is 1270. The third-order valence-corrected chi connectivity index (χ3v) is 7.42. The Morgan fingerprint density at radius 3 is 2.14 bits per heavy atom. The molecule has 8 heteroatoms. The summed E-state index contributed by atoms with van der Waals surface area (Å²) in [7, 11) is 5.76. The predicted molar refractivity (Wildman–Crippen MR) is 129 cm³/mol. The van der Waals surface area contributed by atoms with Crippen molar-refractivity contribution in [3.63, 3.8) is 0 Å². The van der Waals surface area contributed by atoms with Gasteiger partial charge in [-0.1, -0.05) is 42.5 Å². The van der Waals surface area contributed by atoms with Crippen molar-refractivity contribution in [3.05, 3.63) is 83.4 Å². The van der Waals surface area contributed by atoms with E-state index in [2.05, 4.69) is 0 Å². The zero-order chi connectivity index (χ0) is 25.7. The highest BCUT2D eigenvalue weighted by atomic mass is 16.5. The molecule has 0 saturated heterocycles. The van der Waals surface area contributed by atoms with Crippen molar-refractivity contribution in [1.82, 2.24) is 0 Å². The number of aliphatic hydroxyl groups is 2. The molecule has 0 radical (unpaired) electrons. The maximum absolute atomic E-state index is 13.5. The molecule has 8 nitrogen and oxygen atoms in total. The van der Waals surface area contributed by atoms with Gasteiger partial charge in [-0.05, 0) is 23.3 Å². The summed E-state index contributed by atoms with van der Waals surface area (Å²) >= 11 is 0. The molecule has 36 heavy (non-hydrogen) atoms. The molecule has 188 valence electrons. The van der Waals surface area contributed by atoms with Gasteiger partial charge in [0.05, 0.1) is 34.0 Å². The molecule has 1 saturated carbocycles. The molecule has 1 aliphatic carbocycles. The molecule has 0 aromatic heterocycles. The van der Waals surface area contributed by atoms with Gasteiger partial charge in [0.15, 0.2) is 5.60 Å². The van der Waals surface area contributed by atoms with Gasteiger partial charge in [-0.15, -0.1) is 0 Å². The largest absolute Gasteiger partial charge is 0.497 e. The fraction of sp³-hybridized carbons (Fsp3) is 0.321. The number of hydrogen-bond acceptors (Lipinski definition) is 8. The summed E-state index contributed by atoms with van der Waals surface area (Å²) in [5.74, 6) is -1.25. The molecule has 0 spiro atoms. The summed E-state index contributed by atoms with van der Waals surface area (Å²) in [5.41, 5.74) is -2.26. The fourth-order valence-electron chi connectivity index (χ4n) is 5.87. The van der Waals surface area contributed by atoms with Crippen LogP contribution in [0.2, 0.25) is 0 Å². The second-order valence-corrected chi connectivity index (χ2v) is 8.94. The highest BCUT2D eigenvalue weighted by Gasteiger charge is 2.76. The Labute approximate surface area is 209 Å². The molecule has 2 bridgehead atoms. The lowest BCUT2D eigenvalue weighted by atomic mass is 9.75. The molecule has 3 aromatic carbocycles. The van der Waals surface area contributed by atoms with E-state index in [1.165, 1.54) is 21.3 Å². The monoisotopic (exact) mass is 492 g/mol. The van der Waals surface area contributed by atoms with Crippen LogP contribution in [0.25, 0.3) is 0 Å². The number of esters is 1. The van der Waals surface area contributed by atoms with Crippen LogP contribution in [0.5, 0.6) is 23.0 Å². The minimum atomic E-state index is -2.11. The first-order valence-corrected chi connectivity index (χ1v) is 11.5. The first-order chi connectivity index (χ1) is 17.4. The Hall–Kier alpha value is -3.75. The van der Waals surface area contributed by atoms with E-state index in [4.69, 9.17) is 23.7 Å². The van der Waals surface area contributed by atoms with Crippen molar-refractivity contribution in [2.75, 3.05) is 28.4 Å². The Balaban J connectivity index is 1.89. The quantitative estimate of drug-likeness (QED) is 0.506. The van der Waals surface area contributed by atoms with Crippen LogP contribution >= 0.6 is 0 Å². The van der Waals surface area contributed by atoms with Gasteiger partial charge >= 0.3 is 5.97 Å².